The molecule has 1 rings (SSSR count). The predicted octanol–water partition coefficient (Wildman–Crippen LogP) is 2.11. The topological polar surface area (TPSA) is 81.1 Å². The Morgan fingerprint density at radius 2 is 2.18 bits per heavy atom. The molecule has 1 aromatic carbocycles. The lowest BCUT2D eigenvalue weighted by Crippen LogP contribution is -2.18. The molecule has 0 bridgehead atoms. The number of nitrogens with two attached hydrogens (primary N) is 2. The van der Waals surface area contributed by atoms with Gasteiger partial charge < -0.3 is 16.8 Å². The monoisotopic (exact) mass is 239 g/mol. The lowest BCUT2D eigenvalue weighted by Gasteiger charge is -2.16. The minimum atomic E-state index is -0.659. The van der Waals surface area contributed by atoms with E-state index in [0.29, 0.717) is 0 Å². The van der Waals surface area contributed by atoms with Gasteiger partial charge in [-0.3, -0.25) is 4.79 Å². The molecule has 0 radical (unpaired) electrons. The van der Waals surface area contributed by atoms with Crippen molar-refractivity contribution in [3.05, 3.63) is 23.5 Å². The fourth-order valence-electron chi connectivity index (χ4n) is 1.68. The lowest BCUT2D eigenvalue weighted by atomic mass is 10.1. The molecule has 0 aliphatic rings. The van der Waals surface area contributed by atoms with E-state index >= 15 is 0 Å². The van der Waals surface area contributed by atoms with Gasteiger partial charge in [0.25, 0.3) is 5.91 Å². The second-order valence-corrected chi connectivity index (χ2v) is 4.12. The van der Waals surface area contributed by atoms with Crippen molar-refractivity contribution in [1.29, 1.82) is 0 Å². The van der Waals surface area contributed by atoms with Gasteiger partial charge in [0.1, 0.15) is 5.82 Å². The zero-order chi connectivity index (χ0) is 13.0. The van der Waals surface area contributed by atoms with Crippen LogP contribution in [0.15, 0.2) is 12.1 Å². The maximum absolute atomic E-state index is 13.6. The van der Waals surface area contributed by atoms with Crippen molar-refractivity contribution in [3.8, 4) is 0 Å². The maximum Gasteiger partial charge on any atom is 0.250 e. The first-order valence-corrected chi connectivity index (χ1v) is 5.61. The molecule has 94 valence electrons. The SMILES string of the molecule is CCCC(C)Nc1cc(C(N)=O)c(N)cc1F. The van der Waals surface area contributed by atoms with Crippen LogP contribution in [0.2, 0.25) is 0 Å². The first kappa shape index (κ1) is 13.3. The molecule has 1 unspecified atom stereocenters. The van der Waals surface area contributed by atoms with Gasteiger partial charge in [-0.1, -0.05) is 13.3 Å². The normalized spacial score (nSPS) is 12.2. The first-order chi connectivity index (χ1) is 7.95. The zero-order valence-electron chi connectivity index (χ0n) is 10.1. The Morgan fingerprint density at radius 1 is 1.53 bits per heavy atom. The van der Waals surface area contributed by atoms with E-state index in [1.807, 2.05) is 13.8 Å². The summed E-state index contributed by atoms with van der Waals surface area (Å²) in [6.45, 7) is 4.00. The Hall–Kier alpha value is -1.78. The van der Waals surface area contributed by atoms with E-state index in [4.69, 9.17) is 11.5 Å². The predicted molar refractivity (Wildman–Crippen MR) is 67.3 cm³/mol. The molecule has 0 fully saturated rings. The molecule has 0 saturated heterocycles. The minimum absolute atomic E-state index is 0.0590. The summed E-state index contributed by atoms with van der Waals surface area (Å²) in [4.78, 5) is 11.1. The van der Waals surface area contributed by atoms with Gasteiger partial charge in [-0.25, -0.2) is 4.39 Å². The molecule has 0 spiro atoms. The third kappa shape index (κ3) is 3.34. The number of anilines is 2. The summed E-state index contributed by atoms with van der Waals surface area (Å²) in [5, 5.41) is 3.00. The van der Waals surface area contributed by atoms with Crippen molar-refractivity contribution in [2.75, 3.05) is 11.1 Å². The Bertz CT molecular complexity index is 420. The lowest BCUT2D eigenvalue weighted by molar-refractivity contribution is 0.100. The van der Waals surface area contributed by atoms with E-state index in [2.05, 4.69) is 5.32 Å². The second-order valence-electron chi connectivity index (χ2n) is 4.12. The van der Waals surface area contributed by atoms with E-state index in [0.717, 1.165) is 18.9 Å². The summed E-state index contributed by atoms with van der Waals surface area (Å²) in [6, 6.07) is 2.60. The summed E-state index contributed by atoms with van der Waals surface area (Å²) in [5.41, 5.74) is 11.1. The molecule has 0 saturated carbocycles. The highest BCUT2D eigenvalue weighted by Crippen LogP contribution is 2.23. The fraction of sp³-hybridized carbons (Fsp3) is 0.417. The Labute approximate surface area is 100 Å². The van der Waals surface area contributed by atoms with Gasteiger partial charge in [-0.2, -0.15) is 0 Å². The van der Waals surface area contributed by atoms with Gasteiger partial charge in [0.2, 0.25) is 0 Å². The Balaban J connectivity index is 2.99. The second kappa shape index (κ2) is 5.52. The quantitative estimate of drug-likeness (QED) is 0.688. The van der Waals surface area contributed by atoms with Crippen LogP contribution in [0.1, 0.15) is 37.0 Å². The maximum atomic E-state index is 13.6. The van der Waals surface area contributed by atoms with E-state index in [1.54, 1.807) is 0 Å². The van der Waals surface area contributed by atoms with E-state index in [1.165, 1.54) is 6.07 Å². The van der Waals surface area contributed by atoms with Crippen LogP contribution in [0, 0.1) is 5.82 Å². The van der Waals surface area contributed by atoms with Crippen LogP contribution in [0.5, 0.6) is 0 Å². The minimum Gasteiger partial charge on any atom is -0.398 e. The summed E-state index contributed by atoms with van der Waals surface area (Å²) >= 11 is 0. The molecule has 4 nitrogen and oxygen atoms in total. The van der Waals surface area contributed by atoms with Crippen LogP contribution >= 0.6 is 0 Å². The van der Waals surface area contributed by atoms with Crippen LogP contribution < -0.4 is 16.8 Å². The molecule has 0 aromatic heterocycles. The van der Waals surface area contributed by atoms with Crippen LogP contribution in [0.25, 0.3) is 0 Å². The summed E-state index contributed by atoms with van der Waals surface area (Å²) < 4.78 is 13.6. The number of hydrogen-bond donors (Lipinski definition) is 3. The number of nitrogen functional groups attached to an aromatic ring is 1. The number of primary amides is 1. The summed E-state index contributed by atoms with van der Waals surface area (Å²) in [7, 11) is 0. The molecule has 5 N–H and O–H groups in total. The van der Waals surface area contributed by atoms with Crippen molar-refractivity contribution in [2.24, 2.45) is 5.73 Å². The number of rotatable bonds is 5. The molecule has 0 heterocycles. The largest absolute Gasteiger partial charge is 0.398 e. The van der Waals surface area contributed by atoms with Gasteiger partial charge in [-0.05, 0) is 25.5 Å². The number of carbonyl (C=O) groups is 1. The van der Waals surface area contributed by atoms with E-state index in [-0.39, 0.29) is 23.0 Å². The molecule has 1 aromatic rings. The molecular formula is C12H18FN3O. The number of benzene rings is 1. The van der Waals surface area contributed by atoms with Gasteiger partial charge in [-0.15, -0.1) is 0 Å². The average Bonchev–Trinajstić information content (AvgIpc) is 2.21. The first-order valence-electron chi connectivity index (χ1n) is 5.61. The number of hydrogen-bond acceptors (Lipinski definition) is 3. The molecule has 0 aliphatic carbocycles. The van der Waals surface area contributed by atoms with Crippen LogP contribution in [0.3, 0.4) is 0 Å². The van der Waals surface area contributed by atoms with Crippen molar-refractivity contribution < 1.29 is 9.18 Å². The number of carbonyl (C=O) groups excluding carboxylic acids is 1. The number of amides is 1. The summed E-state index contributed by atoms with van der Waals surface area (Å²) in [5.74, 6) is -1.14. The summed E-state index contributed by atoms with van der Waals surface area (Å²) in [6.07, 6.45) is 1.91. The van der Waals surface area contributed by atoms with Crippen molar-refractivity contribution in [1.82, 2.24) is 0 Å². The van der Waals surface area contributed by atoms with Gasteiger partial charge >= 0.3 is 0 Å². The van der Waals surface area contributed by atoms with Crippen molar-refractivity contribution >= 4 is 17.3 Å². The average molecular weight is 239 g/mol. The van der Waals surface area contributed by atoms with E-state index < -0.39 is 11.7 Å². The van der Waals surface area contributed by atoms with Gasteiger partial charge in [0.05, 0.1) is 11.3 Å². The Morgan fingerprint density at radius 3 is 2.71 bits per heavy atom. The molecule has 0 aliphatic heterocycles. The zero-order valence-corrected chi connectivity index (χ0v) is 10.1. The third-order valence-electron chi connectivity index (χ3n) is 2.53. The van der Waals surface area contributed by atoms with Crippen molar-refractivity contribution in [2.45, 2.75) is 32.7 Å². The highest BCUT2D eigenvalue weighted by atomic mass is 19.1. The van der Waals surface area contributed by atoms with E-state index in [9.17, 15) is 9.18 Å². The fourth-order valence-corrected chi connectivity index (χ4v) is 1.68. The molecule has 5 heteroatoms. The van der Waals surface area contributed by atoms with Crippen LogP contribution in [-0.4, -0.2) is 11.9 Å². The molecule has 17 heavy (non-hydrogen) atoms. The molecular weight excluding hydrogens is 221 g/mol. The van der Waals surface area contributed by atoms with Gasteiger partial charge in [0, 0.05) is 11.7 Å². The number of nitrogens with one attached hydrogen (secondary N) is 1. The standard InChI is InChI=1S/C12H18FN3O/c1-3-4-7(2)16-11-5-8(12(15)17)10(14)6-9(11)13/h5-7,16H,3-4,14H2,1-2H3,(H2,15,17). The van der Waals surface area contributed by atoms with Gasteiger partial charge in [0.15, 0.2) is 0 Å². The van der Waals surface area contributed by atoms with Crippen LogP contribution in [0.4, 0.5) is 15.8 Å². The highest BCUT2D eigenvalue weighted by molar-refractivity contribution is 5.99. The Kier molecular flexibility index (Phi) is 4.31. The van der Waals surface area contributed by atoms with Crippen molar-refractivity contribution in [3.63, 3.8) is 0 Å². The molecule has 1 amide bonds. The molecule has 1 atom stereocenters. The third-order valence-corrected chi connectivity index (χ3v) is 2.53. The van der Waals surface area contributed by atoms with Crippen LogP contribution in [-0.2, 0) is 0 Å². The number of halogens is 1. The smallest absolute Gasteiger partial charge is 0.250 e. The highest BCUT2D eigenvalue weighted by Gasteiger charge is 2.13.